The number of hydrogen-bond acceptors (Lipinski definition) is 5. The summed E-state index contributed by atoms with van der Waals surface area (Å²) in [5.41, 5.74) is 4.08. The molecule has 0 saturated carbocycles. The lowest BCUT2D eigenvalue weighted by molar-refractivity contribution is 0.626. The molecular formula is C23H18FN5O. The Morgan fingerprint density at radius 3 is 2.63 bits per heavy atom. The number of rotatable bonds is 4. The van der Waals surface area contributed by atoms with E-state index in [4.69, 9.17) is 4.98 Å². The van der Waals surface area contributed by atoms with Crippen LogP contribution in [-0.4, -0.2) is 26.1 Å². The van der Waals surface area contributed by atoms with Crippen molar-refractivity contribution in [3.05, 3.63) is 100 Å². The molecule has 3 heterocycles. The van der Waals surface area contributed by atoms with Crippen LogP contribution in [-0.2, 0) is 13.0 Å². The lowest BCUT2D eigenvalue weighted by Gasteiger charge is -2.33. The molecule has 148 valence electrons. The minimum Gasteiger partial charge on any atom is -0.311 e. The van der Waals surface area contributed by atoms with Crippen molar-refractivity contribution in [2.45, 2.75) is 13.0 Å². The third-order valence-electron chi connectivity index (χ3n) is 5.22. The van der Waals surface area contributed by atoms with Crippen molar-refractivity contribution in [3.8, 4) is 11.4 Å². The van der Waals surface area contributed by atoms with Crippen LogP contribution in [0.15, 0.2) is 78.0 Å². The summed E-state index contributed by atoms with van der Waals surface area (Å²) in [6.07, 6.45) is 3.75. The molecule has 0 atom stereocenters. The van der Waals surface area contributed by atoms with Gasteiger partial charge in [-0.3, -0.25) is 9.36 Å². The highest BCUT2D eigenvalue weighted by Gasteiger charge is 2.25. The van der Waals surface area contributed by atoms with Crippen LogP contribution in [0, 0.1) is 5.82 Å². The van der Waals surface area contributed by atoms with Gasteiger partial charge in [-0.15, -0.1) is 0 Å². The number of fused-ring (bicyclic) bond motifs is 2. The average molecular weight is 399 g/mol. The van der Waals surface area contributed by atoms with Gasteiger partial charge in [0.2, 0.25) is 5.95 Å². The third kappa shape index (κ3) is 3.34. The molecule has 2 aromatic heterocycles. The van der Waals surface area contributed by atoms with Crippen LogP contribution in [0.25, 0.3) is 11.4 Å². The smallest absolute Gasteiger partial charge is 0.255 e. The Bertz CT molecular complexity index is 1250. The Morgan fingerprint density at radius 2 is 1.83 bits per heavy atom. The molecule has 1 aliphatic heterocycles. The first-order chi connectivity index (χ1) is 14.7. The maximum absolute atomic E-state index is 13.3. The van der Waals surface area contributed by atoms with Crippen LogP contribution < -0.4 is 10.5 Å². The van der Waals surface area contributed by atoms with Crippen molar-refractivity contribution in [1.82, 2.24) is 19.5 Å². The zero-order valence-electron chi connectivity index (χ0n) is 16.1. The molecular weight excluding hydrogens is 381 g/mol. The van der Waals surface area contributed by atoms with Gasteiger partial charge in [-0.25, -0.2) is 19.3 Å². The lowest BCUT2D eigenvalue weighted by atomic mass is 10.1. The minimum atomic E-state index is -0.255. The van der Waals surface area contributed by atoms with Crippen LogP contribution >= 0.6 is 0 Å². The van der Waals surface area contributed by atoms with E-state index >= 15 is 0 Å². The number of anilines is 2. The molecule has 0 fully saturated rings. The van der Waals surface area contributed by atoms with Crippen molar-refractivity contribution >= 4 is 11.6 Å². The largest absolute Gasteiger partial charge is 0.311 e. The molecule has 0 saturated heterocycles. The molecule has 0 unspecified atom stereocenters. The average Bonchev–Trinajstić information content (AvgIpc) is 2.79. The summed E-state index contributed by atoms with van der Waals surface area (Å²) in [5, 5.41) is 0. The molecule has 6 nitrogen and oxygen atoms in total. The summed E-state index contributed by atoms with van der Waals surface area (Å²) in [5.74, 6) is 0.326. The Kier molecular flexibility index (Phi) is 4.55. The van der Waals surface area contributed by atoms with Crippen molar-refractivity contribution in [3.63, 3.8) is 0 Å². The van der Waals surface area contributed by atoms with Gasteiger partial charge in [0.05, 0.1) is 17.9 Å². The molecule has 0 spiro atoms. The molecule has 30 heavy (non-hydrogen) atoms. The highest BCUT2D eigenvalue weighted by Crippen LogP contribution is 2.33. The number of para-hydroxylation sites is 1. The zero-order valence-corrected chi connectivity index (χ0v) is 16.1. The summed E-state index contributed by atoms with van der Waals surface area (Å²) >= 11 is 0. The van der Waals surface area contributed by atoms with Gasteiger partial charge >= 0.3 is 0 Å². The van der Waals surface area contributed by atoms with Crippen molar-refractivity contribution < 1.29 is 4.39 Å². The number of benzene rings is 2. The fourth-order valence-electron chi connectivity index (χ4n) is 3.72. The van der Waals surface area contributed by atoms with Gasteiger partial charge in [-0.1, -0.05) is 30.3 Å². The molecule has 0 aliphatic carbocycles. The van der Waals surface area contributed by atoms with E-state index < -0.39 is 0 Å². The van der Waals surface area contributed by atoms with Crippen molar-refractivity contribution in [2.75, 3.05) is 11.4 Å². The molecule has 7 heteroatoms. The first kappa shape index (κ1) is 18.2. The maximum Gasteiger partial charge on any atom is 0.255 e. The van der Waals surface area contributed by atoms with Crippen LogP contribution in [0.4, 0.5) is 16.0 Å². The van der Waals surface area contributed by atoms with E-state index in [9.17, 15) is 9.18 Å². The molecule has 4 aromatic rings. The van der Waals surface area contributed by atoms with E-state index in [0.29, 0.717) is 36.8 Å². The van der Waals surface area contributed by atoms with Gasteiger partial charge in [0.1, 0.15) is 12.1 Å². The van der Waals surface area contributed by atoms with Gasteiger partial charge in [-0.2, -0.15) is 0 Å². The Hall–Kier alpha value is -3.87. The number of aromatic nitrogens is 4. The highest BCUT2D eigenvalue weighted by atomic mass is 19.1. The first-order valence-corrected chi connectivity index (χ1v) is 9.67. The third-order valence-corrected chi connectivity index (χ3v) is 5.22. The van der Waals surface area contributed by atoms with Gasteiger partial charge in [-0.05, 0) is 41.8 Å². The lowest BCUT2D eigenvalue weighted by Crippen LogP contribution is -2.36. The topological polar surface area (TPSA) is 63.9 Å². The maximum atomic E-state index is 13.3. The summed E-state index contributed by atoms with van der Waals surface area (Å²) in [4.78, 5) is 27.9. The van der Waals surface area contributed by atoms with E-state index in [1.165, 1.54) is 24.5 Å². The fourth-order valence-corrected chi connectivity index (χ4v) is 3.72. The van der Waals surface area contributed by atoms with Crippen LogP contribution in [0.1, 0.15) is 11.1 Å². The van der Waals surface area contributed by atoms with E-state index in [-0.39, 0.29) is 11.4 Å². The molecule has 0 N–H and O–H groups in total. The summed E-state index contributed by atoms with van der Waals surface area (Å²) in [7, 11) is 0. The minimum absolute atomic E-state index is 0.130. The van der Waals surface area contributed by atoms with Gasteiger partial charge in [0.25, 0.3) is 5.56 Å². The van der Waals surface area contributed by atoms with E-state index in [1.54, 1.807) is 29.0 Å². The van der Waals surface area contributed by atoms with Gasteiger partial charge in [0, 0.05) is 24.5 Å². The SMILES string of the molecule is O=c1cc(-c2ccncn2)nc2n1Cc1ccccc1N2CCc1ccc(F)cc1. The number of hydrogen-bond donors (Lipinski definition) is 0. The van der Waals surface area contributed by atoms with Crippen LogP contribution in [0.3, 0.4) is 0 Å². The molecule has 5 rings (SSSR count). The van der Waals surface area contributed by atoms with Gasteiger partial charge in [0.15, 0.2) is 0 Å². The summed E-state index contributed by atoms with van der Waals surface area (Å²) < 4.78 is 14.9. The molecule has 0 bridgehead atoms. The second-order valence-corrected chi connectivity index (χ2v) is 7.12. The predicted molar refractivity (Wildman–Crippen MR) is 112 cm³/mol. The quantitative estimate of drug-likeness (QED) is 0.525. The highest BCUT2D eigenvalue weighted by molar-refractivity contribution is 5.67. The van der Waals surface area contributed by atoms with Crippen LogP contribution in [0.2, 0.25) is 0 Å². The van der Waals surface area contributed by atoms with E-state index in [2.05, 4.69) is 9.97 Å². The fraction of sp³-hybridized carbons (Fsp3) is 0.130. The second-order valence-electron chi connectivity index (χ2n) is 7.12. The van der Waals surface area contributed by atoms with E-state index in [0.717, 1.165) is 16.8 Å². The normalized spacial score (nSPS) is 12.4. The van der Waals surface area contributed by atoms with Crippen LogP contribution in [0.5, 0.6) is 0 Å². The monoisotopic (exact) mass is 399 g/mol. The molecule has 0 amide bonds. The van der Waals surface area contributed by atoms with Crippen molar-refractivity contribution in [2.24, 2.45) is 0 Å². The summed E-state index contributed by atoms with van der Waals surface area (Å²) in [6.45, 7) is 1.07. The Morgan fingerprint density at radius 1 is 1.00 bits per heavy atom. The predicted octanol–water partition coefficient (Wildman–Crippen LogP) is 3.58. The first-order valence-electron chi connectivity index (χ1n) is 9.67. The number of nitrogens with zero attached hydrogens (tertiary/aromatic N) is 5. The standard InChI is InChI=1S/C23H18FN5O/c24-18-7-5-16(6-8-18)10-12-28-21-4-2-1-3-17(21)14-29-22(30)13-20(27-23(28)29)19-9-11-25-15-26-19/h1-9,11,13,15H,10,12,14H2. The van der Waals surface area contributed by atoms with Crippen molar-refractivity contribution in [1.29, 1.82) is 0 Å². The van der Waals surface area contributed by atoms with E-state index in [1.807, 2.05) is 29.2 Å². The molecule has 1 aliphatic rings. The number of halogens is 1. The molecule has 2 aromatic carbocycles. The molecule has 0 radical (unpaired) electrons. The van der Waals surface area contributed by atoms with Gasteiger partial charge < -0.3 is 4.90 Å². The zero-order chi connectivity index (χ0) is 20.5. The summed E-state index contributed by atoms with van der Waals surface area (Å²) in [6, 6.07) is 17.7. The Labute approximate surface area is 172 Å². The second kappa shape index (κ2) is 7.51. The Balaban J connectivity index is 1.58.